The third-order valence-corrected chi connectivity index (χ3v) is 3.19. The van der Waals surface area contributed by atoms with Crippen LogP contribution in [0.1, 0.15) is 32.1 Å². The van der Waals surface area contributed by atoms with E-state index in [9.17, 15) is 8.78 Å². The van der Waals surface area contributed by atoms with Crippen LogP contribution in [0.5, 0.6) is 0 Å². The first kappa shape index (κ1) is 9.79. The maximum Gasteiger partial charge on any atom is 0.380 e. The van der Waals surface area contributed by atoms with E-state index in [1.165, 1.54) is 0 Å². The second-order valence-corrected chi connectivity index (χ2v) is 4.42. The van der Waals surface area contributed by atoms with Crippen LogP contribution >= 0.6 is 11.8 Å². The molecule has 12 heavy (non-hydrogen) atoms. The van der Waals surface area contributed by atoms with Gasteiger partial charge in [-0.25, -0.2) is 0 Å². The Morgan fingerprint density at radius 3 is 2.33 bits per heavy atom. The van der Waals surface area contributed by atoms with Crippen molar-refractivity contribution in [3.63, 3.8) is 0 Å². The molecule has 0 amide bonds. The lowest BCUT2D eigenvalue weighted by Crippen LogP contribution is -2.17. The average Bonchev–Trinajstić information content (AvgIpc) is 2.06. The smallest absolute Gasteiger partial charge is 0.191 e. The summed E-state index contributed by atoms with van der Waals surface area (Å²) < 4.78 is 25.1. The largest absolute Gasteiger partial charge is 0.380 e. The van der Waals surface area contributed by atoms with Gasteiger partial charge in [0, 0.05) is 5.25 Å². The number of hydrogen-bond acceptors (Lipinski definition) is 2. The summed E-state index contributed by atoms with van der Waals surface area (Å²) in [6.45, 7) is 0. The van der Waals surface area contributed by atoms with E-state index in [4.69, 9.17) is 5.26 Å². The standard InChI is InChI=1S/C8H11F2NS/c9-8(10,6-11)12-7-4-2-1-3-5-7/h7H,1-5H2. The van der Waals surface area contributed by atoms with Gasteiger partial charge in [-0.15, -0.1) is 0 Å². The molecule has 1 nitrogen and oxygen atoms in total. The average molecular weight is 191 g/mol. The van der Waals surface area contributed by atoms with E-state index in [0.29, 0.717) is 11.8 Å². The zero-order valence-electron chi connectivity index (χ0n) is 6.72. The Hall–Kier alpha value is -0.300. The van der Waals surface area contributed by atoms with E-state index in [-0.39, 0.29) is 5.25 Å². The molecule has 1 aliphatic carbocycles. The highest BCUT2D eigenvalue weighted by Gasteiger charge is 2.33. The molecule has 1 aliphatic rings. The second kappa shape index (κ2) is 4.08. The topological polar surface area (TPSA) is 23.8 Å². The third-order valence-electron chi connectivity index (χ3n) is 2.00. The highest BCUT2D eigenvalue weighted by Crippen LogP contribution is 2.38. The number of halogens is 2. The second-order valence-electron chi connectivity index (χ2n) is 3.01. The van der Waals surface area contributed by atoms with Gasteiger partial charge in [0.1, 0.15) is 0 Å². The van der Waals surface area contributed by atoms with Crippen molar-refractivity contribution in [1.29, 1.82) is 5.26 Å². The summed E-state index contributed by atoms with van der Waals surface area (Å²) in [6.07, 6.45) is 4.87. The van der Waals surface area contributed by atoms with Gasteiger partial charge >= 0.3 is 5.25 Å². The molecular weight excluding hydrogens is 180 g/mol. The molecule has 1 rings (SSSR count). The number of thioether (sulfide) groups is 1. The van der Waals surface area contributed by atoms with Crippen molar-refractivity contribution in [2.75, 3.05) is 0 Å². The molecule has 0 unspecified atom stereocenters. The van der Waals surface area contributed by atoms with E-state index in [2.05, 4.69) is 0 Å². The molecule has 0 spiro atoms. The normalized spacial score (nSPS) is 20.4. The van der Waals surface area contributed by atoms with Crippen LogP contribution in [-0.2, 0) is 0 Å². The Labute approximate surface area is 75.1 Å². The number of nitrogens with zero attached hydrogens (tertiary/aromatic N) is 1. The molecule has 0 aliphatic heterocycles. The van der Waals surface area contributed by atoms with Crippen LogP contribution in [0.4, 0.5) is 8.78 Å². The fourth-order valence-corrected chi connectivity index (χ4v) is 2.46. The van der Waals surface area contributed by atoms with Crippen molar-refractivity contribution in [2.45, 2.75) is 42.6 Å². The summed E-state index contributed by atoms with van der Waals surface area (Å²) in [5.74, 6) is 0. The summed E-state index contributed by atoms with van der Waals surface area (Å²) in [5.41, 5.74) is 0. The molecule has 1 fully saturated rings. The first-order chi connectivity index (χ1) is 5.64. The number of alkyl halides is 2. The molecule has 0 aromatic carbocycles. The summed E-state index contributed by atoms with van der Waals surface area (Å²) in [5, 5.41) is 4.92. The minimum absolute atomic E-state index is 0.00611. The molecule has 4 heteroatoms. The van der Waals surface area contributed by atoms with Gasteiger partial charge in [-0.1, -0.05) is 31.0 Å². The predicted octanol–water partition coefficient (Wildman–Crippen LogP) is 3.17. The molecule has 0 saturated heterocycles. The zero-order chi connectivity index (χ0) is 9.03. The Balaban J connectivity index is 2.35. The minimum atomic E-state index is -3.18. The molecule has 0 aromatic heterocycles. The quantitative estimate of drug-likeness (QED) is 0.669. The van der Waals surface area contributed by atoms with E-state index < -0.39 is 5.25 Å². The lowest BCUT2D eigenvalue weighted by atomic mass is 10.0. The number of nitriles is 1. The van der Waals surface area contributed by atoms with Crippen LogP contribution in [0.25, 0.3) is 0 Å². The SMILES string of the molecule is N#CC(F)(F)SC1CCCCC1. The molecule has 0 radical (unpaired) electrons. The fraction of sp³-hybridized carbons (Fsp3) is 0.875. The van der Waals surface area contributed by atoms with Gasteiger partial charge in [0.2, 0.25) is 0 Å². The van der Waals surface area contributed by atoms with Crippen molar-refractivity contribution < 1.29 is 8.78 Å². The van der Waals surface area contributed by atoms with E-state index in [0.717, 1.165) is 38.2 Å². The first-order valence-corrected chi connectivity index (χ1v) is 4.99. The number of hydrogen-bond donors (Lipinski definition) is 0. The molecule has 0 N–H and O–H groups in total. The highest BCUT2D eigenvalue weighted by molar-refractivity contribution is 8.01. The Morgan fingerprint density at radius 2 is 1.83 bits per heavy atom. The Bertz CT molecular complexity index is 182. The molecular formula is C8H11F2NS. The lowest BCUT2D eigenvalue weighted by molar-refractivity contribution is 0.169. The van der Waals surface area contributed by atoms with Gasteiger partial charge in [-0.3, -0.25) is 0 Å². The first-order valence-electron chi connectivity index (χ1n) is 4.11. The van der Waals surface area contributed by atoms with E-state index >= 15 is 0 Å². The van der Waals surface area contributed by atoms with Crippen LogP contribution in [-0.4, -0.2) is 10.5 Å². The van der Waals surface area contributed by atoms with Gasteiger partial charge in [-0.05, 0) is 12.8 Å². The van der Waals surface area contributed by atoms with Crippen molar-refractivity contribution >= 4 is 11.8 Å². The van der Waals surface area contributed by atoms with Gasteiger partial charge < -0.3 is 0 Å². The monoisotopic (exact) mass is 191 g/mol. The maximum atomic E-state index is 12.5. The van der Waals surface area contributed by atoms with E-state index in [1.54, 1.807) is 0 Å². The minimum Gasteiger partial charge on any atom is -0.191 e. The molecule has 0 aromatic rings. The predicted molar refractivity (Wildman–Crippen MR) is 45.0 cm³/mol. The van der Waals surface area contributed by atoms with Crippen molar-refractivity contribution in [3.8, 4) is 6.07 Å². The van der Waals surface area contributed by atoms with Crippen LogP contribution < -0.4 is 0 Å². The Kier molecular flexibility index (Phi) is 3.33. The molecule has 68 valence electrons. The summed E-state index contributed by atoms with van der Waals surface area (Å²) in [6, 6.07) is 1.02. The van der Waals surface area contributed by atoms with Crippen molar-refractivity contribution in [3.05, 3.63) is 0 Å². The van der Waals surface area contributed by atoms with Gasteiger partial charge in [0.25, 0.3) is 0 Å². The highest BCUT2D eigenvalue weighted by atomic mass is 32.2. The van der Waals surface area contributed by atoms with Gasteiger partial charge in [0.15, 0.2) is 6.07 Å². The zero-order valence-corrected chi connectivity index (χ0v) is 7.54. The summed E-state index contributed by atoms with van der Waals surface area (Å²) in [4.78, 5) is 0. The van der Waals surface area contributed by atoms with Crippen molar-refractivity contribution in [1.82, 2.24) is 0 Å². The summed E-state index contributed by atoms with van der Waals surface area (Å²) in [7, 11) is 0. The molecule has 0 atom stereocenters. The van der Waals surface area contributed by atoms with E-state index in [1.807, 2.05) is 0 Å². The lowest BCUT2D eigenvalue weighted by Gasteiger charge is -2.22. The fourth-order valence-electron chi connectivity index (χ4n) is 1.42. The van der Waals surface area contributed by atoms with Crippen LogP contribution in [0.3, 0.4) is 0 Å². The van der Waals surface area contributed by atoms with Gasteiger partial charge in [-0.2, -0.15) is 14.0 Å². The third kappa shape index (κ3) is 2.98. The van der Waals surface area contributed by atoms with Crippen LogP contribution in [0.15, 0.2) is 0 Å². The molecule has 0 heterocycles. The molecule has 0 bridgehead atoms. The maximum absolute atomic E-state index is 12.5. The summed E-state index contributed by atoms with van der Waals surface area (Å²) >= 11 is 0.528. The van der Waals surface area contributed by atoms with Crippen molar-refractivity contribution in [2.24, 2.45) is 0 Å². The molecule has 1 saturated carbocycles. The van der Waals surface area contributed by atoms with Crippen LogP contribution in [0, 0.1) is 11.3 Å². The van der Waals surface area contributed by atoms with Gasteiger partial charge in [0.05, 0.1) is 0 Å². The Morgan fingerprint density at radius 1 is 1.25 bits per heavy atom. The van der Waals surface area contributed by atoms with Crippen LogP contribution in [0.2, 0.25) is 0 Å². The number of rotatable bonds is 2.